The molecule has 0 bridgehead atoms. The van der Waals surface area contributed by atoms with Crippen molar-refractivity contribution in [3.8, 4) is 5.75 Å². The van der Waals surface area contributed by atoms with E-state index in [0.29, 0.717) is 12.2 Å². The molecule has 1 amide bonds. The van der Waals surface area contributed by atoms with Crippen LogP contribution in [0, 0.1) is 0 Å². The maximum Gasteiger partial charge on any atom is 0.407 e. The standard InChI is InChI=1S/C13H18N2O3/c1-8-6-10(4-5-15(8)13(17)18)9-2-3-11(14)12(16)7-9/h2-3,7-8,10,16H,4-6,14H2,1H3,(H,17,18). The maximum atomic E-state index is 11.0. The van der Waals surface area contributed by atoms with E-state index < -0.39 is 6.09 Å². The quantitative estimate of drug-likeness (QED) is 0.527. The molecule has 5 heteroatoms. The monoisotopic (exact) mass is 250 g/mol. The summed E-state index contributed by atoms with van der Waals surface area (Å²) in [5.41, 5.74) is 6.97. The van der Waals surface area contributed by atoms with E-state index in [2.05, 4.69) is 0 Å². The number of aromatic hydroxyl groups is 1. The lowest BCUT2D eigenvalue weighted by Gasteiger charge is -2.36. The van der Waals surface area contributed by atoms with Crippen molar-refractivity contribution in [3.05, 3.63) is 23.8 Å². The summed E-state index contributed by atoms with van der Waals surface area (Å²) in [5.74, 6) is 0.378. The normalized spacial score (nSPS) is 23.9. The first kappa shape index (κ1) is 12.5. The van der Waals surface area contributed by atoms with Gasteiger partial charge in [-0.2, -0.15) is 0 Å². The lowest BCUT2D eigenvalue weighted by Crippen LogP contribution is -2.43. The van der Waals surface area contributed by atoms with Gasteiger partial charge in [0.2, 0.25) is 0 Å². The molecule has 1 saturated heterocycles. The van der Waals surface area contributed by atoms with Gasteiger partial charge in [0, 0.05) is 12.6 Å². The van der Waals surface area contributed by atoms with Gasteiger partial charge >= 0.3 is 6.09 Å². The number of carbonyl (C=O) groups is 1. The number of carboxylic acid groups (broad SMARTS) is 1. The van der Waals surface area contributed by atoms with Crippen LogP contribution in [0.15, 0.2) is 18.2 Å². The number of phenolic OH excluding ortho intramolecular Hbond substituents is 1. The van der Waals surface area contributed by atoms with Crippen molar-refractivity contribution in [2.45, 2.75) is 31.7 Å². The summed E-state index contributed by atoms with van der Waals surface area (Å²) in [5, 5.41) is 18.6. The van der Waals surface area contributed by atoms with Crippen molar-refractivity contribution < 1.29 is 15.0 Å². The number of benzene rings is 1. The van der Waals surface area contributed by atoms with Crippen molar-refractivity contribution in [1.29, 1.82) is 0 Å². The molecule has 5 nitrogen and oxygen atoms in total. The molecule has 1 heterocycles. The first-order valence-electron chi connectivity index (χ1n) is 6.07. The molecule has 1 fully saturated rings. The topological polar surface area (TPSA) is 86.8 Å². The Kier molecular flexibility index (Phi) is 3.32. The van der Waals surface area contributed by atoms with Crippen molar-refractivity contribution in [2.24, 2.45) is 0 Å². The van der Waals surface area contributed by atoms with Crippen molar-refractivity contribution >= 4 is 11.8 Å². The van der Waals surface area contributed by atoms with Crippen LogP contribution >= 0.6 is 0 Å². The third-order valence-corrected chi connectivity index (χ3v) is 3.65. The fourth-order valence-electron chi connectivity index (χ4n) is 2.57. The first-order chi connectivity index (χ1) is 8.49. The third kappa shape index (κ3) is 2.34. The number of anilines is 1. The molecule has 1 aliphatic rings. The number of hydrogen-bond acceptors (Lipinski definition) is 3. The molecule has 1 aromatic rings. The highest BCUT2D eigenvalue weighted by Crippen LogP contribution is 2.34. The van der Waals surface area contributed by atoms with Gasteiger partial charge in [-0.25, -0.2) is 4.79 Å². The number of hydrogen-bond donors (Lipinski definition) is 3. The van der Waals surface area contributed by atoms with Gasteiger partial charge < -0.3 is 20.8 Å². The van der Waals surface area contributed by atoms with Gasteiger partial charge in [-0.3, -0.25) is 0 Å². The second-order valence-corrected chi connectivity index (χ2v) is 4.86. The predicted octanol–water partition coefficient (Wildman–Crippen LogP) is 2.22. The van der Waals surface area contributed by atoms with Crippen molar-refractivity contribution in [1.82, 2.24) is 4.90 Å². The number of piperidine rings is 1. The fourth-order valence-corrected chi connectivity index (χ4v) is 2.57. The molecular weight excluding hydrogens is 232 g/mol. The Labute approximate surface area is 106 Å². The Balaban J connectivity index is 2.12. The van der Waals surface area contributed by atoms with Gasteiger partial charge in [0.15, 0.2) is 0 Å². The minimum atomic E-state index is -0.860. The molecule has 98 valence electrons. The highest BCUT2D eigenvalue weighted by molar-refractivity contribution is 5.65. The second-order valence-electron chi connectivity index (χ2n) is 4.86. The van der Waals surface area contributed by atoms with E-state index in [9.17, 15) is 9.90 Å². The van der Waals surface area contributed by atoms with E-state index >= 15 is 0 Å². The van der Waals surface area contributed by atoms with E-state index in [0.717, 1.165) is 18.4 Å². The lowest BCUT2D eigenvalue weighted by atomic mass is 9.86. The van der Waals surface area contributed by atoms with Gasteiger partial charge in [-0.1, -0.05) is 6.07 Å². The van der Waals surface area contributed by atoms with Crippen LogP contribution in [0.3, 0.4) is 0 Å². The maximum absolute atomic E-state index is 11.0. The minimum absolute atomic E-state index is 0.000876. The predicted molar refractivity (Wildman–Crippen MR) is 68.7 cm³/mol. The Morgan fingerprint density at radius 3 is 2.78 bits per heavy atom. The van der Waals surface area contributed by atoms with Gasteiger partial charge in [0.05, 0.1) is 5.69 Å². The highest BCUT2D eigenvalue weighted by atomic mass is 16.4. The van der Waals surface area contributed by atoms with Crippen molar-refractivity contribution in [3.63, 3.8) is 0 Å². The van der Waals surface area contributed by atoms with Crippen LogP contribution in [0.4, 0.5) is 10.5 Å². The van der Waals surface area contributed by atoms with Crippen LogP contribution in [0.25, 0.3) is 0 Å². The molecule has 1 aliphatic heterocycles. The zero-order valence-corrected chi connectivity index (χ0v) is 10.3. The molecule has 4 N–H and O–H groups in total. The molecule has 0 aliphatic carbocycles. The van der Waals surface area contributed by atoms with Crippen LogP contribution in [0.5, 0.6) is 5.75 Å². The smallest absolute Gasteiger partial charge is 0.407 e. The molecule has 1 aromatic carbocycles. The van der Waals surface area contributed by atoms with E-state index in [-0.39, 0.29) is 17.7 Å². The van der Waals surface area contributed by atoms with Crippen LogP contribution in [0.2, 0.25) is 0 Å². The molecule has 0 saturated carbocycles. The van der Waals surface area contributed by atoms with Crippen LogP contribution in [-0.4, -0.2) is 33.8 Å². The Morgan fingerprint density at radius 2 is 2.22 bits per heavy atom. The summed E-state index contributed by atoms with van der Waals surface area (Å²) in [6.07, 6.45) is 0.691. The summed E-state index contributed by atoms with van der Waals surface area (Å²) >= 11 is 0. The summed E-state index contributed by atoms with van der Waals surface area (Å²) in [4.78, 5) is 12.4. The molecule has 18 heavy (non-hydrogen) atoms. The van der Waals surface area contributed by atoms with Crippen molar-refractivity contribution in [2.75, 3.05) is 12.3 Å². The second kappa shape index (κ2) is 4.76. The molecule has 2 unspecified atom stereocenters. The molecule has 0 aromatic heterocycles. The average Bonchev–Trinajstić information content (AvgIpc) is 2.32. The van der Waals surface area contributed by atoms with E-state index in [4.69, 9.17) is 10.8 Å². The zero-order valence-electron chi connectivity index (χ0n) is 10.3. The Hall–Kier alpha value is -1.91. The SMILES string of the molecule is CC1CC(c2ccc(N)c(O)c2)CCN1C(=O)O. The van der Waals surface area contributed by atoms with E-state index in [1.54, 1.807) is 12.1 Å². The highest BCUT2D eigenvalue weighted by Gasteiger charge is 2.29. The first-order valence-corrected chi connectivity index (χ1v) is 6.07. The summed E-state index contributed by atoms with van der Waals surface area (Å²) in [7, 11) is 0. The van der Waals surface area contributed by atoms with Crippen LogP contribution in [0.1, 0.15) is 31.2 Å². The number of likely N-dealkylation sites (tertiary alicyclic amines) is 1. The lowest BCUT2D eigenvalue weighted by molar-refractivity contribution is 0.107. The zero-order chi connectivity index (χ0) is 13.3. The number of rotatable bonds is 1. The van der Waals surface area contributed by atoms with Gasteiger partial charge in [0.1, 0.15) is 5.75 Å². The van der Waals surface area contributed by atoms with Crippen LogP contribution in [-0.2, 0) is 0 Å². The number of nitrogens with zero attached hydrogens (tertiary/aromatic N) is 1. The number of amides is 1. The number of phenols is 1. The molecule has 0 spiro atoms. The number of nitrogen functional groups attached to an aromatic ring is 1. The minimum Gasteiger partial charge on any atom is -0.506 e. The summed E-state index contributed by atoms with van der Waals surface area (Å²) in [6, 6.07) is 5.28. The van der Waals surface area contributed by atoms with E-state index in [1.807, 2.05) is 13.0 Å². The largest absolute Gasteiger partial charge is 0.506 e. The summed E-state index contributed by atoms with van der Waals surface area (Å²) in [6.45, 7) is 2.45. The van der Waals surface area contributed by atoms with Gasteiger partial charge in [-0.05, 0) is 43.4 Å². The Morgan fingerprint density at radius 1 is 1.50 bits per heavy atom. The van der Waals surface area contributed by atoms with Gasteiger partial charge in [0.25, 0.3) is 0 Å². The fraction of sp³-hybridized carbons (Fsp3) is 0.462. The molecule has 2 atom stereocenters. The average molecular weight is 250 g/mol. The molecule has 2 rings (SSSR count). The molecular formula is C13H18N2O3. The summed E-state index contributed by atoms with van der Waals surface area (Å²) < 4.78 is 0. The number of nitrogens with two attached hydrogens (primary N) is 1. The van der Waals surface area contributed by atoms with Gasteiger partial charge in [-0.15, -0.1) is 0 Å². The third-order valence-electron chi connectivity index (χ3n) is 3.65. The van der Waals surface area contributed by atoms with E-state index in [1.165, 1.54) is 4.90 Å². The van der Waals surface area contributed by atoms with Crippen LogP contribution < -0.4 is 5.73 Å². The molecule has 0 radical (unpaired) electrons. The Bertz CT molecular complexity index is 462.